The van der Waals surface area contributed by atoms with E-state index in [4.69, 9.17) is 4.74 Å². The second-order valence-corrected chi connectivity index (χ2v) is 3.56. The first kappa shape index (κ1) is 9.68. The molecule has 1 aliphatic carbocycles. The molecule has 0 aromatic heterocycles. The molecule has 0 aromatic carbocycles. The van der Waals surface area contributed by atoms with Crippen LogP contribution in [0.3, 0.4) is 0 Å². The summed E-state index contributed by atoms with van der Waals surface area (Å²) in [5, 5.41) is 0. The monoisotopic (exact) mass is 230 g/mol. The Kier molecular flexibility index (Phi) is 2.85. The molecule has 0 saturated heterocycles. The molecule has 0 radical (unpaired) electrons. The highest BCUT2D eigenvalue weighted by molar-refractivity contribution is 9.12. The highest BCUT2D eigenvalue weighted by Gasteiger charge is 2.26. The summed E-state index contributed by atoms with van der Waals surface area (Å²) in [6.45, 7) is 2.01. The van der Waals surface area contributed by atoms with E-state index in [1.165, 1.54) is 6.08 Å². The molecule has 12 heavy (non-hydrogen) atoms. The molecular weight excluding hydrogens is 220 g/mol. The van der Waals surface area contributed by atoms with Gasteiger partial charge in [0.2, 0.25) is 0 Å². The van der Waals surface area contributed by atoms with E-state index in [0.717, 1.165) is 6.42 Å². The summed E-state index contributed by atoms with van der Waals surface area (Å²) in [4.78, 5) is 11.1. The Hall–Kier alpha value is -0.410. The van der Waals surface area contributed by atoms with Crippen molar-refractivity contribution in [1.82, 2.24) is 0 Å². The van der Waals surface area contributed by atoms with E-state index in [1.807, 2.05) is 6.92 Å². The van der Waals surface area contributed by atoms with Gasteiger partial charge in [-0.15, -0.1) is 0 Å². The maximum absolute atomic E-state index is 11.1. The van der Waals surface area contributed by atoms with Gasteiger partial charge in [0.1, 0.15) is 5.60 Å². The summed E-state index contributed by atoms with van der Waals surface area (Å²) in [6.07, 6.45) is 5.95. The Morgan fingerprint density at radius 2 is 2.33 bits per heavy atom. The van der Waals surface area contributed by atoms with Crippen LogP contribution in [-0.4, -0.2) is 18.5 Å². The van der Waals surface area contributed by atoms with Crippen LogP contribution in [0, 0.1) is 0 Å². The highest BCUT2D eigenvalue weighted by atomic mass is 79.9. The van der Waals surface area contributed by atoms with E-state index in [0.29, 0.717) is 4.48 Å². The number of carbonyl (C=O) groups is 1. The van der Waals surface area contributed by atoms with E-state index in [1.54, 1.807) is 19.3 Å². The second-order valence-electron chi connectivity index (χ2n) is 2.70. The second kappa shape index (κ2) is 3.54. The summed E-state index contributed by atoms with van der Waals surface area (Å²) in [5.74, 6) is -0.00359. The van der Waals surface area contributed by atoms with E-state index >= 15 is 0 Å². The maximum Gasteiger partial charge on any atom is 0.192 e. The third-order valence-corrected chi connectivity index (χ3v) is 2.68. The van der Waals surface area contributed by atoms with Gasteiger partial charge >= 0.3 is 0 Å². The Labute approximate surface area is 80.4 Å². The molecule has 1 aliphatic rings. The zero-order chi connectivity index (χ0) is 9.19. The van der Waals surface area contributed by atoms with Crippen LogP contribution in [-0.2, 0) is 9.53 Å². The van der Waals surface area contributed by atoms with Gasteiger partial charge in [0.05, 0.1) is 4.48 Å². The number of allylic oxidation sites excluding steroid dienone is 2. The van der Waals surface area contributed by atoms with Crippen LogP contribution in [0.25, 0.3) is 0 Å². The lowest BCUT2D eigenvalue weighted by molar-refractivity contribution is -0.111. The first-order valence-electron chi connectivity index (χ1n) is 3.80. The zero-order valence-electron chi connectivity index (χ0n) is 7.13. The van der Waals surface area contributed by atoms with Gasteiger partial charge in [-0.2, -0.15) is 0 Å². The summed E-state index contributed by atoms with van der Waals surface area (Å²) >= 11 is 3.19. The van der Waals surface area contributed by atoms with Crippen molar-refractivity contribution < 1.29 is 9.53 Å². The van der Waals surface area contributed by atoms with Gasteiger partial charge in [-0.25, -0.2) is 0 Å². The topological polar surface area (TPSA) is 26.3 Å². The summed E-state index contributed by atoms with van der Waals surface area (Å²) in [6, 6.07) is 0. The molecule has 0 aromatic rings. The van der Waals surface area contributed by atoms with Gasteiger partial charge in [0.25, 0.3) is 0 Å². The molecule has 0 N–H and O–H groups in total. The minimum atomic E-state index is -0.396. The first-order valence-corrected chi connectivity index (χ1v) is 4.60. The highest BCUT2D eigenvalue weighted by Crippen LogP contribution is 2.27. The molecule has 0 heterocycles. The standard InChI is InChI=1S/C9H11BrO2/c1-3-9(12-2)5-4-8(11)7(10)6-9/h4-6H,3H2,1-2H3. The number of ketones is 1. The number of hydrogen-bond donors (Lipinski definition) is 0. The van der Waals surface area contributed by atoms with Crippen molar-refractivity contribution in [3.63, 3.8) is 0 Å². The van der Waals surface area contributed by atoms with Crippen LogP contribution in [0.2, 0.25) is 0 Å². The number of halogens is 1. The minimum Gasteiger partial charge on any atom is -0.370 e. The number of carbonyl (C=O) groups excluding carboxylic acids is 1. The fourth-order valence-electron chi connectivity index (χ4n) is 1.12. The summed E-state index contributed by atoms with van der Waals surface area (Å²) in [5.41, 5.74) is -0.396. The molecule has 0 saturated carbocycles. The third kappa shape index (κ3) is 1.67. The molecule has 1 atom stereocenters. The van der Waals surface area contributed by atoms with Crippen molar-refractivity contribution in [1.29, 1.82) is 0 Å². The smallest absolute Gasteiger partial charge is 0.192 e. The molecule has 3 heteroatoms. The normalized spacial score (nSPS) is 28.9. The molecule has 0 aliphatic heterocycles. The van der Waals surface area contributed by atoms with Crippen molar-refractivity contribution >= 4 is 21.7 Å². The average molecular weight is 231 g/mol. The van der Waals surface area contributed by atoms with Crippen molar-refractivity contribution in [3.8, 4) is 0 Å². The molecule has 66 valence electrons. The van der Waals surface area contributed by atoms with Crippen LogP contribution in [0.4, 0.5) is 0 Å². The summed E-state index contributed by atoms with van der Waals surface area (Å²) < 4.78 is 5.88. The first-order chi connectivity index (χ1) is 5.63. The molecule has 0 bridgehead atoms. The molecule has 0 amide bonds. The fraction of sp³-hybridized carbons (Fsp3) is 0.444. The van der Waals surface area contributed by atoms with Crippen LogP contribution < -0.4 is 0 Å². The Bertz CT molecular complexity index is 249. The van der Waals surface area contributed by atoms with Gasteiger partial charge in [-0.3, -0.25) is 4.79 Å². The molecule has 1 rings (SSSR count). The predicted octanol–water partition coefficient (Wildman–Crippen LogP) is 2.20. The SMILES string of the molecule is CCC1(OC)C=CC(=O)C(Br)=C1. The molecule has 0 spiro atoms. The van der Waals surface area contributed by atoms with E-state index < -0.39 is 5.60 Å². The molecule has 2 nitrogen and oxygen atoms in total. The van der Waals surface area contributed by atoms with Crippen LogP contribution >= 0.6 is 15.9 Å². The summed E-state index contributed by atoms with van der Waals surface area (Å²) in [7, 11) is 1.64. The Morgan fingerprint density at radius 1 is 1.67 bits per heavy atom. The van der Waals surface area contributed by atoms with Crippen molar-refractivity contribution in [2.24, 2.45) is 0 Å². The Morgan fingerprint density at radius 3 is 2.75 bits per heavy atom. The van der Waals surface area contributed by atoms with Crippen molar-refractivity contribution in [2.75, 3.05) is 7.11 Å². The van der Waals surface area contributed by atoms with Crippen molar-refractivity contribution in [3.05, 3.63) is 22.7 Å². The van der Waals surface area contributed by atoms with Crippen LogP contribution in [0.1, 0.15) is 13.3 Å². The average Bonchev–Trinajstić information content (AvgIpc) is 2.10. The van der Waals surface area contributed by atoms with E-state index in [9.17, 15) is 4.79 Å². The van der Waals surface area contributed by atoms with Gasteiger partial charge in [-0.05, 0) is 40.6 Å². The number of methoxy groups -OCH3 is 1. The van der Waals surface area contributed by atoms with Crippen LogP contribution in [0.15, 0.2) is 22.7 Å². The van der Waals surface area contributed by atoms with E-state index in [2.05, 4.69) is 15.9 Å². The lowest BCUT2D eigenvalue weighted by atomic mass is 9.95. The number of rotatable bonds is 2. The zero-order valence-corrected chi connectivity index (χ0v) is 8.72. The fourth-order valence-corrected chi connectivity index (χ4v) is 1.64. The largest absolute Gasteiger partial charge is 0.370 e. The quantitative estimate of drug-likeness (QED) is 0.728. The van der Waals surface area contributed by atoms with Gasteiger partial charge < -0.3 is 4.74 Å². The predicted molar refractivity (Wildman–Crippen MR) is 51.2 cm³/mol. The van der Waals surface area contributed by atoms with Crippen molar-refractivity contribution in [2.45, 2.75) is 18.9 Å². The molecule has 0 fully saturated rings. The third-order valence-electron chi connectivity index (χ3n) is 2.06. The lowest BCUT2D eigenvalue weighted by Crippen LogP contribution is -2.28. The number of hydrogen-bond acceptors (Lipinski definition) is 2. The van der Waals surface area contributed by atoms with Gasteiger partial charge in [0, 0.05) is 7.11 Å². The maximum atomic E-state index is 11.1. The molecule has 1 unspecified atom stereocenters. The molecular formula is C9H11BrO2. The lowest BCUT2D eigenvalue weighted by Gasteiger charge is -2.26. The van der Waals surface area contributed by atoms with Gasteiger partial charge in [0.15, 0.2) is 5.78 Å². The Balaban J connectivity index is 2.96. The van der Waals surface area contributed by atoms with E-state index in [-0.39, 0.29) is 5.78 Å². The number of ether oxygens (including phenoxy) is 1. The minimum absolute atomic E-state index is 0.00359. The van der Waals surface area contributed by atoms with Gasteiger partial charge in [-0.1, -0.05) is 6.92 Å². The van der Waals surface area contributed by atoms with Crippen LogP contribution in [0.5, 0.6) is 0 Å².